The fourth-order valence-corrected chi connectivity index (χ4v) is 3.94. The fourth-order valence-electron chi connectivity index (χ4n) is 3.94. The number of carboxylic acid groups (broad SMARTS) is 1. The maximum Gasteiger partial charge on any atom is 0.337 e. The van der Waals surface area contributed by atoms with Crippen LogP contribution in [0, 0.1) is 5.82 Å². The molecule has 0 aliphatic heterocycles. The van der Waals surface area contributed by atoms with E-state index in [1.807, 2.05) is 24.3 Å². The minimum absolute atomic E-state index is 0.0114. The van der Waals surface area contributed by atoms with Crippen molar-refractivity contribution in [2.24, 2.45) is 0 Å². The first kappa shape index (κ1) is 22.1. The summed E-state index contributed by atoms with van der Waals surface area (Å²) in [5.41, 5.74) is 2.87. The second-order valence-electron chi connectivity index (χ2n) is 7.58. The predicted molar refractivity (Wildman–Crippen MR) is 122 cm³/mol. The quantitative estimate of drug-likeness (QED) is 0.346. The van der Waals surface area contributed by atoms with Crippen LogP contribution in [-0.2, 0) is 6.54 Å². The molecule has 0 fully saturated rings. The topological polar surface area (TPSA) is 119 Å². The lowest BCUT2D eigenvalue weighted by atomic mass is 9.98. The van der Waals surface area contributed by atoms with Crippen molar-refractivity contribution in [1.29, 1.82) is 0 Å². The molecule has 11 heteroatoms. The van der Waals surface area contributed by atoms with Crippen LogP contribution in [0.5, 0.6) is 6.01 Å². The molecule has 5 rings (SSSR count). The van der Waals surface area contributed by atoms with Crippen LogP contribution in [0.2, 0.25) is 0 Å². The van der Waals surface area contributed by atoms with Gasteiger partial charge in [0, 0.05) is 11.1 Å². The van der Waals surface area contributed by atoms with E-state index in [2.05, 4.69) is 25.6 Å². The summed E-state index contributed by atoms with van der Waals surface area (Å²) >= 11 is 0. The Labute approximate surface area is 197 Å². The first-order valence-corrected chi connectivity index (χ1v) is 10.6. The number of hydrogen-bond acceptors (Lipinski definition) is 6. The van der Waals surface area contributed by atoms with E-state index in [4.69, 9.17) is 4.74 Å². The molecular weight excluding hydrogens is 458 g/mol. The van der Waals surface area contributed by atoms with Gasteiger partial charge in [0.05, 0.1) is 23.1 Å². The summed E-state index contributed by atoms with van der Waals surface area (Å²) in [6.07, 6.45) is 0. The lowest BCUT2D eigenvalue weighted by Gasteiger charge is -2.13. The molecule has 5 aromatic rings. The Kier molecular flexibility index (Phi) is 5.88. The maximum atomic E-state index is 15.3. The van der Waals surface area contributed by atoms with Crippen molar-refractivity contribution < 1.29 is 23.4 Å². The molecule has 0 saturated heterocycles. The third-order valence-electron chi connectivity index (χ3n) is 5.48. The van der Waals surface area contributed by atoms with Crippen molar-refractivity contribution >= 4 is 17.0 Å². The van der Waals surface area contributed by atoms with Crippen LogP contribution in [-0.4, -0.2) is 54.5 Å². The molecule has 3 aromatic carbocycles. The Morgan fingerprint density at radius 2 is 1.91 bits per heavy atom. The van der Waals surface area contributed by atoms with Crippen molar-refractivity contribution in [2.75, 3.05) is 13.3 Å². The molecule has 2 N–H and O–H groups in total. The van der Waals surface area contributed by atoms with Crippen molar-refractivity contribution in [3.05, 3.63) is 77.6 Å². The van der Waals surface area contributed by atoms with Crippen molar-refractivity contribution in [3.8, 4) is 28.5 Å². The largest absolute Gasteiger partial charge is 0.478 e. The maximum absolute atomic E-state index is 15.3. The van der Waals surface area contributed by atoms with Gasteiger partial charge in [-0.2, -0.15) is 10.2 Å². The van der Waals surface area contributed by atoms with Gasteiger partial charge >= 0.3 is 5.97 Å². The summed E-state index contributed by atoms with van der Waals surface area (Å²) in [4.78, 5) is 16.1. The Balaban J connectivity index is 1.56. The number of hydrogen-bond donors (Lipinski definition) is 2. The molecule has 2 heterocycles. The number of halogens is 2. The molecule has 0 radical (unpaired) electrons. The molecule has 0 amide bonds. The number of carbonyl (C=O) groups is 1. The standard InChI is InChI=1S/C24H18F2N6O3/c25-10-11-35-24-27-20-7-3-6-18(23(33)34)21(20)32(24)13-15-9-8-14(12-19(15)26)16-4-1-2-5-17(16)22-28-30-31-29-22/h1-9,12H,10-11,13H2,(H,33,34)(H,28,29,30,31). The van der Waals surface area contributed by atoms with E-state index >= 15 is 4.39 Å². The van der Waals surface area contributed by atoms with E-state index in [-0.39, 0.29) is 35.8 Å². The molecule has 0 bridgehead atoms. The lowest BCUT2D eigenvalue weighted by Crippen LogP contribution is -2.10. The average Bonchev–Trinajstić information content (AvgIpc) is 3.52. The van der Waals surface area contributed by atoms with E-state index in [0.717, 1.165) is 0 Å². The van der Waals surface area contributed by atoms with Crippen LogP contribution in [0.3, 0.4) is 0 Å². The third kappa shape index (κ3) is 4.19. The van der Waals surface area contributed by atoms with Gasteiger partial charge in [0.25, 0.3) is 6.01 Å². The lowest BCUT2D eigenvalue weighted by molar-refractivity contribution is 0.0698. The molecule has 0 unspecified atom stereocenters. The van der Waals surface area contributed by atoms with Gasteiger partial charge in [-0.15, -0.1) is 10.2 Å². The fraction of sp³-hybridized carbons (Fsp3) is 0.125. The van der Waals surface area contributed by atoms with Crippen molar-refractivity contribution in [2.45, 2.75) is 6.54 Å². The number of fused-ring (bicyclic) bond motifs is 1. The number of aromatic carboxylic acids is 1. The Hall–Kier alpha value is -4.67. The van der Waals surface area contributed by atoms with Crippen LogP contribution in [0.1, 0.15) is 15.9 Å². The minimum atomic E-state index is -1.16. The summed E-state index contributed by atoms with van der Waals surface area (Å²) < 4.78 is 35.0. The first-order valence-electron chi connectivity index (χ1n) is 10.6. The minimum Gasteiger partial charge on any atom is -0.478 e. The summed E-state index contributed by atoms with van der Waals surface area (Å²) in [7, 11) is 0. The monoisotopic (exact) mass is 476 g/mol. The molecule has 9 nitrogen and oxygen atoms in total. The number of H-pyrrole nitrogens is 1. The zero-order chi connectivity index (χ0) is 24.4. The van der Waals surface area contributed by atoms with Crippen LogP contribution >= 0.6 is 0 Å². The number of aromatic amines is 1. The molecule has 0 aliphatic rings. The summed E-state index contributed by atoms with van der Waals surface area (Å²) in [5, 5.41) is 23.7. The number of nitrogens with zero attached hydrogens (tertiary/aromatic N) is 5. The van der Waals surface area contributed by atoms with Crippen molar-refractivity contribution in [3.63, 3.8) is 0 Å². The average molecular weight is 476 g/mol. The zero-order valence-corrected chi connectivity index (χ0v) is 18.2. The number of carboxylic acids is 1. The van der Waals surface area contributed by atoms with Gasteiger partial charge in [0.2, 0.25) is 5.82 Å². The highest BCUT2D eigenvalue weighted by atomic mass is 19.1. The van der Waals surface area contributed by atoms with E-state index in [1.54, 1.807) is 24.3 Å². The Morgan fingerprint density at radius 1 is 1.09 bits per heavy atom. The van der Waals surface area contributed by atoms with E-state index < -0.39 is 18.5 Å². The molecule has 176 valence electrons. The highest BCUT2D eigenvalue weighted by Crippen LogP contribution is 2.32. The smallest absolute Gasteiger partial charge is 0.337 e. The summed E-state index contributed by atoms with van der Waals surface area (Å²) in [6.45, 7) is -1.08. The third-order valence-corrected chi connectivity index (χ3v) is 5.48. The first-order chi connectivity index (χ1) is 17.1. The number of nitrogens with one attached hydrogen (secondary N) is 1. The van der Waals surface area contributed by atoms with Gasteiger partial charge in [-0.1, -0.05) is 42.5 Å². The molecule has 0 atom stereocenters. The molecule has 2 aromatic heterocycles. The van der Waals surface area contributed by atoms with E-state index in [0.29, 0.717) is 28.0 Å². The molecule has 0 saturated carbocycles. The second-order valence-corrected chi connectivity index (χ2v) is 7.58. The van der Waals surface area contributed by atoms with Crippen LogP contribution in [0.25, 0.3) is 33.5 Å². The number of tetrazole rings is 1. The SMILES string of the molecule is O=C(O)c1cccc2nc(OCCF)n(Cc3ccc(-c4ccccc4-c4nn[nH]n4)cc3F)c12. The summed E-state index contributed by atoms with van der Waals surface area (Å²) in [5.74, 6) is -1.30. The number of aromatic nitrogens is 6. The molecule has 0 spiro atoms. The van der Waals surface area contributed by atoms with Gasteiger partial charge in [-0.25, -0.2) is 13.6 Å². The van der Waals surface area contributed by atoms with Crippen LogP contribution < -0.4 is 4.74 Å². The summed E-state index contributed by atoms with van der Waals surface area (Å²) in [6, 6.07) is 16.6. The second kappa shape index (κ2) is 9.29. The van der Waals surface area contributed by atoms with Gasteiger partial charge in [-0.3, -0.25) is 4.57 Å². The molecule has 0 aliphatic carbocycles. The number of benzene rings is 3. The van der Waals surface area contributed by atoms with E-state index in [1.165, 1.54) is 16.7 Å². The van der Waals surface area contributed by atoms with E-state index in [9.17, 15) is 14.3 Å². The zero-order valence-electron chi connectivity index (χ0n) is 18.2. The van der Waals surface area contributed by atoms with Gasteiger partial charge < -0.3 is 9.84 Å². The van der Waals surface area contributed by atoms with Gasteiger partial charge in [0.1, 0.15) is 19.1 Å². The number of rotatable bonds is 8. The normalized spacial score (nSPS) is 11.1. The van der Waals surface area contributed by atoms with Crippen molar-refractivity contribution in [1.82, 2.24) is 30.2 Å². The van der Waals surface area contributed by atoms with Gasteiger partial charge in [-0.05, 0) is 34.5 Å². The molecular formula is C24H18F2N6O3. The van der Waals surface area contributed by atoms with Crippen LogP contribution in [0.4, 0.5) is 8.78 Å². The predicted octanol–water partition coefficient (Wildman–Crippen LogP) is 4.12. The van der Waals surface area contributed by atoms with Gasteiger partial charge in [0.15, 0.2) is 0 Å². The Bertz CT molecular complexity index is 1520. The number of para-hydroxylation sites is 1. The number of alkyl halides is 1. The number of ether oxygens (including phenoxy) is 1. The highest BCUT2D eigenvalue weighted by molar-refractivity contribution is 6.01. The highest BCUT2D eigenvalue weighted by Gasteiger charge is 2.20. The van der Waals surface area contributed by atoms with Crippen LogP contribution in [0.15, 0.2) is 60.7 Å². The Morgan fingerprint density at radius 3 is 2.63 bits per heavy atom. The number of imidazole rings is 1. The molecule has 35 heavy (non-hydrogen) atoms.